The Bertz CT molecular complexity index is 2200. The van der Waals surface area contributed by atoms with Crippen molar-refractivity contribution in [1.82, 2.24) is 40.0 Å². The molecule has 0 saturated carbocycles. The molecule has 5 aromatic carbocycles. The first-order valence-electron chi connectivity index (χ1n) is 16.2. The van der Waals surface area contributed by atoms with Gasteiger partial charge in [-0.15, -0.1) is 14.8 Å². The molecule has 0 radical (unpaired) electrons. The minimum Gasteiger partial charge on any atom is -0.325 e. The van der Waals surface area contributed by atoms with Crippen molar-refractivity contribution in [3.05, 3.63) is 179 Å². The third-order valence-corrected chi connectivity index (χ3v) is 9.16. The summed E-state index contributed by atoms with van der Waals surface area (Å²) in [5, 5.41) is 23.0. The molecule has 8 aromatic rings. The van der Waals surface area contributed by atoms with E-state index in [1.165, 1.54) is 5.56 Å². The van der Waals surface area contributed by atoms with E-state index in [0.717, 1.165) is 69.0 Å². The molecular formula is C40H34N8. The molecule has 3 heterocycles. The fourth-order valence-electron chi connectivity index (χ4n) is 6.81. The first kappa shape index (κ1) is 29.3. The highest BCUT2D eigenvalue weighted by Crippen LogP contribution is 2.43. The van der Waals surface area contributed by atoms with Gasteiger partial charge in [0.05, 0.1) is 5.69 Å². The van der Waals surface area contributed by atoms with Gasteiger partial charge in [0.15, 0.2) is 11.5 Å². The van der Waals surface area contributed by atoms with Gasteiger partial charge >= 0.3 is 0 Å². The van der Waals surface area contributed by atoms with Gasteiger partial charge in [0.25, 0.3) is 0 Å². The van der Waals surface area contributed by atoms with Crippen LogP contribution in [0.5, 0.6) is 0 Å². The molecule has 1 N–H and O–H groups in total. The van der Waals surface area contributed by atoms with Crippen molar-refractivity contribution in [3.8, 4) is 22.5 Å². The van der Waals surface area contributed by atoms with E-state index in [0.29, 0.717) is 5.82 Å². The first-order chi connectivity index (χ1) is 23.7. The summed E-state index contributed by atoms with van der Waals surface area (Å²) in [6, 6.07) is 48.6. The SMILES string of the molecule is CCc1nn2nc(C)c(Cc3ccc(-c4ccccc4-c4nnnn4C(c4ccccc4)(c4ccccc4)c4ccccc4)cc3)c2[nH]1. The third kappa shape index (κ3) is 4.89. The quantitative estimate of drug-likeness (QED) is 0.166. The topological polar surface area (TPSA) is 89.6 Å². The van der Waals surface area contributed by atoms with Crippen LogP contribution in [-0.2, 0) is 18.4 Å². The number of benzene rings is 5. The van der Waals surface area contributed by atoms with Crippen molar-refractivity contribution in [1.29, 1.82) is 0 Å². The lowest BCUT2D eigenvalue weighted by atomic mass is 9.77. The lowest BCUT2D eigenvalue weighted by Gasteiger charge is -2.36. The Balaban J connectivity index is 1.24. The van der Waals surface area contributed by atoms with E-state index in [4.69, 9.17) is 10.3 Å². The van der Waals surface area contributed by atoms with Gasteiger partial charge in [0.2, 0.25) is 0 Å². The van der Waals surface area contributed by atoms with E-state index in [1.807, 2.05) is 35.9 Å². The number of fused-ring (bicyclic) bond motifs is 1. The fraction of sp³-hybridized carbons (Fsp3) is 0.125. The molecule has 0 aliphatic carbocycles. The fourth-order valence-corrected chi connectivity index (χ4v) is 6.81. The highest BCUT2D eigenvalue weighted by molar-refractivity contribution is 5.81. The van der Waals surface area contributed by atoms with Gasteiger partial charge in [-0.25, -0.2) is 4.68 Å². The number of rotatable bonds is 9. The highest BCUT2D eigenvalue weighted by atomic mass is 15.6. The lowest BCUT2D eigenvalue weighted by molar-refractivity contribution is 0.451. The number of aromatic amines is 1. The van der Waals surface area contributed by atoms with Gasteiger partial charge in [0, 0.05) is 24.0 Å². The summed E-state index contributed by atoms with van der Waals surface area (Å²) >= 11 is 0. The molecule has 0 bridgehead atoms. The monoisotopic (exact) mass is 626 g/mol. The maximum absolute atomic E-state index is 4.77. The second-order valence-corrected chi connectivity index (χ2v) is 12.0. The van der Waals surface area contributed by atoms with Crippen LogP contribution in [0.2, 0.25) is 0 Å². The molecule has 8 nitrogen and oxygen atoms in total. The minimum atomic E-state index is -0.835. The summed E-state index contributed by atoms with van der Waals surface area (Å²) in [7, 11) is 0. The molecule has 0 fully saturated rings. The van der Waals surface area contributed by atoms with Crippen LogP contribution in [0.3, 0.4) is 0 Å². The number of tetrazole rings is 1. The number of nitrogens with zero attached hydrogens (tertiary/aromatic N) is 7. The van der Waals surface area contributed by atoms with Gasteiger partial charge < -0.3 is 4.98 Å². The van der Waals surface area contributed by atoms with Crippen LogP contribution < -0.4 is 0 Å². The summed E-state index contributed by atoms with van der Waals surface area (Å²) in [6.45, 7) is 4.13. The van der Waals surface area contributed by atoms with Gasteiger partial charge in [-0.1, -0.05) is 146 Å². The van der Waals surface area contributed by atoms with E-state index in [9.17, 15) is 0 Å². The standard InChI is InChI=1S/C40H34N8/c1-3-37-41-38-36(28(2)43-48(38)44-37)27-29-23-25-30(26-24-29)34-21-13-14-22-35(34)39-42-45-46-47(39)40(31-15-7-4-8-16-31,32-17-9-5-10-18-32)33-19-11-6-12-20-33/h4-26H,3,27H2,1-2H3,(H,41,44). The Morgan fingerprint density at radius 1 is 0.646 bits per heavy atom. The number of H-pyrrole nitrogens is 1. The Kier molecular flexibility index (Phi) is 7.45. The Morgan fingerprint density at radius 2 is 1.21 bits per heavy atom. The largest absolute Gasteiger partial charge is 0.325 e. The van der Waals surface area contributed by atoms with Crippen molar-refractivity contribution >= 4 is 5.65 Å². The highest BCUT2D eigenvalue weighted by Gasteiger charge is 2.42. The third-order valence-electron chi connectivity index (χ3n) is 9.16. The second-order valence-electron chi connectivity index (χ2n) is 12.0. The van der Waals surface area contributed by atoms with E-state index in [1.54, 1.807) is 4.63 Å². The zero-order valence-corrected chi connectivity index (χ0v) is 26.8. The Labute approximate surface area is 278 Å². The van der Waals surface area contributed by atoms with Crippen LogP contribution in [0.25, 0.3) is 28.2 Å². The van der Waals surface area contributed by atoms with Crippen LogP contribution in [0.4, 0.5) is 0 Å². The van der Waals surface area contributed by atoms with Crippen molar-refractivity contribution in [2.75, 3.05) is 0 Å². The second kappa shape index (κ2) is 12.2. The van der Waals surface area contributed by atoms with Crippen LogP contribution in [0.1, 0.15) is 46.3 Å². The van der Waals surface area contributed by atoms with Crippen LogP contribution >= 0.6 is 0 Å². The average Bonchev–Trinajstić information content (AvgIpc) is 3.87. The predicted molar refractivity (Wildman–Crippen MR) is 188 cm³/mol. The smallest absolute Gasteiger partial charge is 0.184 e. The van der Waals surface area contributed by atoms with Gasteiger partial charge in [-0.2, -0.15) is 5.10 Å². The molecule has 8 rings (SSSR count). The van der Waals surface area contributed by atoms with E-state index >= 15 is 0 Å². The van der Waals surface area contributed by atoms with Crippen molar-refractivity contribution in [2.24, 2.45) is 0 Å². The zero-order chi connectivity index (χ0) is 32.5. The summed E-state index contributed by atoms with van der Waals surface area (Å²) < 4.78 is 3.71. The number of hydrogen-bond acceptors (Lipinski definition) is 5. The zero-order valence-electron chi connectivity index (χ0n) is 26.8. The first-order valence-corrected chi connectivity index (χ1v) is 16.2. The number of nitrogens with one attached hydrogen (secondary N) is 1. The Hall–Kier alpha value is -6.15. The number of aryl methyl sites for hydroxylation is 2. The maximum Gasteiger partial charge on any atom is 0.184 e. The molecule has 0 aliphatic heterocycles. The predicted octanol–water partition coefficient (Wildman–Crippen LogP) is 7.68. The van der Waals surface area contributed by atoms with Crippen molar-refractivity contribution in [2.45, 2.75) is 32.2 Å². The summed E-state index contributed by atoms with van der Waals surface area (Å²) in [5.74, 6) is 1.61. The molecule has 234 valence electrons. The van der Waals surface area contributed by atoms with E-state index in [-0.39, 0.29) is 0 Å². The maximum atomic E-state index is 4.77. The van der Waals surface area contributed by atoms with Crippen molar-refractivity contribution in [3.63, 3.8) is 0 Å². The molecule has 0 unspecified atom stereocenters. The van der Waals surface area contributed by atoms with Gasteiger partial charge in [-0.3, -0.25) is 0 Å². The molecule has 0 spiro atoms. The summed E-state index contributed by atoms with van der Waals surface area (Å²) in [5.41, 5.74) is 9.73. The van der Waals surface area contributed by atoms with Crippen LogP contribution in [-0.4, -0.2) is 40.0 Å². The number of aromatic nitrogens is 8. The van der Waals surface area contributed by atoms with Crippen molar-refractivity contribution < 1.29 is 0 Å². The van der Waals surface area contributed by atoms with E-state index < -0.39 is 5.54 Å². The molecule has 3 aromatic heterocycles. The Morgan fingerprint density at radius 3 is 1.79 bits per heavy atom. The van der Waals surface area contributed by atoms with E-state index in [2.05, 4.69) is 143 Å². The summed E-state index contributed by atoms with van der Waals surface area (Å²) in [6.07, 6.45) is 1.59. The number of hydrogen-bond donors (Lipinski definition) is 1. The molecular weight excluding hydrogens is 592 g/mol. The molecule has 0 atom stereocenters. The lowest BCUT2D eigenvalue weighted by Crippen LogP contribution is -2.39. The average molecular weight is 627 g/mol. The molecule has 48 heavy (non-hydrogen) atoms. The van der Waals surface area contributed by atoms with Crippen LogP contribution in [0, 0.1) is 6.92 Å². The molecule has 0 amide bonds. The minimum absolute atomic E-state index is 0.676. The van der Waals surface area contributed by atoms with Crippen LogP contribution in [0.15, 0.2) is 140 Å². The summed E-state index contributed by atoms with van der Waals surface area (Å²) in [4.78, 5) is 3.44. The van der Waals surface area contributed by atoms with Gasteiger partial charge in [-0.05, 0) is 50.7 Å². The molecule has 0 saturated heterocycles. The normalized spacial score (nSPS) is 11.7. The molecule has 0 aliphatic rings. The van der Waals surface area contributed by atoms with Gasteiger partial charge in [0.1, 0.15) is 11.4 Å². The molecule has 8 heteroatoms.